The predicted molar refractivity (Wildman–Crippen MR) is 123 cm³/mol. The van der Waals surface area contributed by atoms with Gasteiger partial charge in [0.2, 0.25) is 5.95 Å². The Kier molecular flexibility index (Phi) is 6.33. The molecule has 10 heteroatoms. The fourth-order valence-corrected chi connectivity index (χ4v) is 4.16. The van der Waals surface area contributed by atoms with Gasteiger partial charge in [0.05, 0.1) is 25.3 Å². The third-order valence-corrected chi connectivity index (χ3v) is 6.01. The topological polar surface area (TPSA) is 107 Å². The summed E-state index contributed by atoms with van der Waals surface area (Å²) in [7, 11) is 1.41. The van der Waals surface area contributed by atoms with Gasteiger partial charge in [-0.25, -0.2) is 14.4 Å². The maximum atomic E-state index is 14.3. The van der Waals surface area contributed by atoms with E-state index in [1.165, 1.54) is 19.2 Å². The quantitative estimate of drug-likeness (QED) is 0.430. The van der Waals surface area contributed by atoms with Crippen molar-refractivity contribution in [1.82, 2.24) is 24.6 Å². The van der Waals surface area contributed by atoms with Gasteiger partial charge in [0, 0.05) is 37.2 Å². The molecule has 1 aromatic carbocycles. The minimum absolute atomic E-state index is 0.145. The number of hydrogen-bond donors (Lipinski definition) is 2. The summed E-state index contributed by atoms with van der Waals surface area (Å²) in [5, 5.41) is 22.0. The number of hydrogen-bond acceptors (Lipinski definition) is 8. The van der Waals surface area contributed by atoms with Gasteiger partial charge in [-0.2, -0.15) is 0 Å². The molecule has 1 saturated heterocycles. The van der Waals surface area contributed by atoms with Gasteiger partial charge in [0.25, 0.3) is 0 Å². The van der Waals surface area contributed by atoms with Crippen LogP contribution in [0.15, 0.2) is 48.8 Å². The van der Waals surface area contributed by atoms with Gasteiger partial charge in [-0.3, -0.25) is 4.40 Å². The number of aromatic nitrogens is 5. The number of anilines is 1. The lowest BCUT2D eigenvalue weighted by Gasteiger charge is -2.23. The van der Waals surface area contributed by atoms with Crippen LogP contribution >= 0.6 is 0 Å². The average molecular weight is 465 g/mol. The Hall–Kier alpha value is -3.63. The van der Waals surface area contributed by atoms with E-state index in [0.717, 1.165) is 37.3 Å². The molecule has 0 bridgehead atoms. The first kappa shape index (κ1) is 22.2. The standard InChI is InChI=1S/C24H25FN6O3/c1-33-21-3-2-15(12-19(21)25)18(14-32)23-30-29-22-13-16(5-9-31(22)23)20-4-8-26-24(28-20)27-17-6-10-34-11-7-17/h2-5,8-9,12-13,17-18,32H,6-7,10-11,14H2,1H3,(H,26,27,28). The van der Waals surface area contributed by atoms with Crippen LogP contribution in [0.1, 0.15) is 30.1 Å². The first-order valence-corrected chi connectivity index (χ1v) is 11.1. The fraction of sp³-hybridized carbons (Fsp3) is 0.333. The minimum atomic E-state index is -0.546. The molecule has 34 heavy (non-hydrogen) atoms. The second kappa shape index (κ2) is 9.70. The SMILES string of the molecule is COc1ccc(C(CO)c2nnc3cc(-c4ccnc(NC5CCOCC5)n4)ccn23)cc1F. The van der Waals surface area contributed by atoms with Gasteiger partial charge in [-0.05, 0) is 48.7 Å². The number of nitrogens with one attached hydrogen (secondary N) is 1. The van der Waals surface area contributed by atoms with Gasteiger partial charge in [-0.15, -0.1) is 10.2 Å². The summed E-state index contributed by atoms with van der Waals surface area (Å²) < 4.78 is 26.4. The Balaban J connectivity index is 1.42. The van der Waals surface area contributed by atoms with Crippen LogP contribution in [0.3, 0.4) is 0 Å². The van der Waals surface area contributed by atoms with Crippen LogP contribution in [0.25, 0.3) is 16.9 Å². The van der Waals surface area contributed by atoms with Gasteiger partial charge >= 0.3 is 0 Å². The van der Waals surface area contributed by atoms with Crippen LogP contribution in [-0.4, -0.2) is 62.6 Å². The summed E-state index contributed by atoms with van der Waals surface area (Å²) in [6.07, 6.45) is 5.40. The highest BCUT2D eigenvalue weighted by molar-refractivity contribution is 5.64. The molecule has 1 aliphatic heterocycles. The Labute approximate surface area is 195 Å². The van der Waals surface area contributed by atoms with E-state index < -0.39 is 11.7 Å². The van der Waals surface area contributed by atoms with Gasteiger partial charge in [0.15, 0.2) is 17.2 Å². The van der Waals surface area contributed by atoms with E-state index in [4.69, 9.17) is 9.47 Å². The molecular formula is C24H25FN6O3. The summed E-state index contributed by atoms with van der Waals surface area (Å²) in [5.74, 6) is 0.192. The number of ether oxygens (including phenoxy) is 2. The number of benzene rings is 1. The van der Waals surface area contributed by atoms with Crippen LogP contribution in [0.5, 0.6) is 5.75 Å². The van der Waals surface area contributed by atoms with Crippen molar-refractivity contribution >= 4 is 11.6 Å². The fourth-order valence-electron chi connectivity index (χ4n) is 4.16. The van der Waals surface area contributed by atoms with Crippen LogP contribution in [0, 0.1) is 5.82 Å². The van der Waals surface area contributed by atoms with Crippen molar-refractivity contribution in [2.24, 2.45) is 0 Å². The van der Waals surface area contributed by atoms with Crippen molar-refractivity contribution in [3.63, 3.8) is 0 Å². The lowest BCUT2D eigenvalue weighted by molar-refractivity contribution is 0.0903. The molecule has 0 spiro atoms. The molecule has 1 atom stereocenters. The molecular weight excluding hydrogens is 439 g/mol. The van der Waals surface area contributed by atoms with Crippen molar-refractivity contribution in [3.8, 4) is 17.0 Å². The smallest absolute Gasteiger partial charge is 0.223 e. The number of aliphatic hydroxyl groups excluding tert-OH is 1. The zero-order valence-electron chi connectivity index (χ0n) is 18.7. The summed E-state index contributed by atoms with van der Waals surface area (Å²) in [6, 6.07) is 10.5. The van der Waals surface area contributed by atoms with E-state index in [0.29, 0.717) is 29.0 Å². The molecule has 0 saturated carbocycles. The zero-order valence-corrected chi connectivity index (χ0v) is 18.7. The monoisotopic (exact) mass is 464 g/mol. The maximum Gasteiger partial charge on any atom is 0.223 e. The number of pyridine rings is 1. The average Bonchev–Trinajstić information content (AvgIpc) is 3.28. The minimum Gasteiger partial charge on any atom is -0.494 e. The summed E-state index contributed by atoms with van der Waals surface area (Å²) in [4.78, 5) is 9.01. The maximum absolute atomic E-state index is 14.3. The van der Waals surface area contributed by atoms with E-state index in [1.807, 2.05) is 24.4 Å². The molecule has 1 unspecified atom stereocenters. The number of fused-ring (bicyclic) bond motifs is 1. The number of methoxy groups -OCH3 is 1. The van der Waals surface area contributed by atoms with Gasteiger partial charge in [-0.1, -0.05) is 6.07 Å². The molecule has 1 fully saturated rings. The number of halogens is 1. The Morgan fingerprint density at radius 3 is 2.82 bits per heavy atom. The molecule has 2 N–H and O–H groups in total. The third kappa shape index (κ3) is 4.42. The number of rotatable bonds is 7. The van der Waals surface area contributed by atoms with Crippen molar-refractivity contribution in [1.29, 1.82) is 0 Å². The second-order valence-corrected chi connectivity index (χ2v) is 8.13. The normalized spacial score (nSPS) is 15.4. The van der Waals surface area contributed by atoms with E-state index in [9.17, 15) is 9.50 Å². The van der Waals surface area contributed by atoms with Gasteiger partial charge in [0.1, 0.15) is 5.82 Å². The molecule has 4 aromatic rings. The van der Waals surface area contributed by atoms with Crippen molar-refractivity contribution in [2.45, 2.75) is 24.8 Å². The second-order valence-electron chi connectivity index (χ2n) is 8.13. The predicted octanol–water partition coefficient (Wildman–Crippen LogP) is 3.05. The molecule has 1 aliphatic rings. The lowest BCUT2D eigenvalue weighted by atomic mass is 9.98. The first-order chi connectivity index (χ1) is 16.7. The van der Waals surface area contributed by atoms with Crippen LogP contribution in [0.2, 0.25) is 0 Å². The van der Waals surface area contributed by atoms with Crippen molar-refractivity contribution < 1.29 is 19.0 Å². The molecule has 0 amide bonds. The molecule has 3 aromatic heterocycles. The number of nitrogens with zero attached hydrogens (tertiary/aromatic N) is 5. The highest BCUT2D eigenvalue weighted by atomic mass is 19.1. The molecule has 0 aliphatic carbocycles. The van der Waals surface area contributed by atoms with Crippen molar-refractivity contribution in [2.75, 3.05) is 32.2 Å². The highest BCUT2D eigenvalue weighted by Gasteiger charge is 2.22. The van der Waals surface area contributed by atoms with Crippen LogP contribution < -0.4 is 10.1 Å². The molecule has 0 radical (unpaired) electrons. The Bertz CT molecular complexity index is 1290. The third-order valence-electron chi connectivity index (χ3n) is 6.01. The largest absolute Gasteiger partial charge is 0.494 e. The molecule has 176 valence electrons. The lowest BCUT2D eigenvalue weighted by Crippen LogP contribution is -2.28. The van der Waals surface area contributed by atoms with E-state index >= 15 is 0 Å². The summed E-state index contributed by atoms with van der Waals surface area (Å²) >= 11 is 0. The Morgan fingerprint density at radius 1 is 1.21 bits per heavy atom. The van der Waals surface area contributed by atoms with E-state index in [-0.39, 0.29) is 12.4 Å². The van der Waals surface area contributed by atoms with E-state index in [2.05, 4.69) is 25.5 Å². The van der Waals surface area contributed by atoms with Crippen molar-refractivity contribution in [3.05, 3.63) is 66.0 Å². The number of aliphatic hydroxyl groups is 1. The van der Waals surface area contributed by atoms with Crippen LogP contribution in [-0.2, 0) is 4.74 Å². The molecule has 5 rings (SSSR count). The summed E-state index contributed by atoms with van der Waals surface area (Å²) in [6.45, 7) is 1.23. The summed E-state index contributed by atoms with van der Waals surface area (Å²) in [5.41, 5.74) is 2.80. The Morgan fingerprint density at radius 2 is 2.06 bits per heavy atom. The van der Waals surface area contributed by atoms with E-state index in [1.54, 1.807) is 16.7 Å². The zero-order chi connectivity index (χ0) is 23.5. The van der Waals surface area contributed by atoms with Gasteiger partial charge < -0.3 is 19.9 Å². The van der Waals surface area contributed by atoms with Crippen LogP contribution in [0.4, 0.5) is 10.3 Å². The molecule has 9 nitrogen and oxygen atoms in total. The first-order valence-electron chi connectivity index (χ1n) is 11.1. The molecule has 4 heterocycles. The highest BCUT2D eigenvalue weighted by Crippen LogP contribution is 2.28.